The zero-order valence-electron chi connectivity index (χ0n) is 12.0. The first-order valence-corrected chi connectivity index (χ1v) is 7.68. The highest BCUT2D eigenvalue weighted by atomic mass is 32.2. The standard InChI is InChI=1S/C13H19NO6S/c1-13(2,3)21(19,20)14-9(12(17)18)6-8-4-5-10(15)11(16)7-8/h4-5,7,9,14-16H,6H2,1-3H3,(H,17,18)/t9-/m0/s1. The van der Waals surface area contributed by atoms with Crippen molar-refractivity contribution >= 4 is 16.0 Å². The molecule has 1 aromatic rings. The summed E-state index contributed by atoms with van der Waals surface area (Å²) < 4.78 is 25.0. The number of aliphatic carboxylic acids is 1. The highest BCUT2D eigenvalue weighted by molar-refractivity contribution is 7.90. The lowest BCUT2D eigenvalue weighted by Crippen LogP contribution is -2.48. The first kappa shape index (κ1) is 17.3. The molecular weight excluding hydrogens is 298 g/mol. The molecule has 0 spiro atoms. The van der Waals surface area contributed by atoms with Crippen molar-refractivity contribution in [3.05, 3.63) is 23.8 Å². The first-order valence-electron chi connectivity index (χ1n) is 6.19. The fraction of sp³-hybridized carbons (Fsp3) is 0.462. The molecule has 1 rings (SSSR count). The third kappa shape index (κ3) is 4.33. The van der Waals surface area contributed by atoms with E-state index in [4.69, 9.17) is 5.11 Å². The molecule has 8 heteroatoms. The number of phenols is 2. The van der Waals surface area contributed by atoms with E-state index in [1.54, 1.807) is 0 Å². The normalized spacial score (nSPS) is 13.9. The zero-order chi connectivity index (χ0) is 16.4. The van der Waals surface area contributed by atoms with Gasteiger partial charge in [-0.15, -0.1) is 0 Å². The Hall–Kier alpha value is -1.80. The Balaban J connectivity index is 2.99. The number of nitrogens with one attached hydrogen (secondary N) is 1. The van der Waals surface area contributed by atoms with Crippen LogP contribution >= 0.6 is 0 Å². The molecule has 21 heavy (non-hydrogen) atoms. The molecule has 0 saturated heterocycles. The molecule has 0 aliphatic heterocycles. The topological polar surface area (TPSA) is 124 Å². The minimum absolute atomic E-state index is 0.154. The van der Waals surface area contributed by atoms with Crippen LogP contribution in [0.15, 0.2) is 18.2 Å². The summed E-state index contributed by atoms with van der Waals surface area (Å²) in [6.07, 6.45) is -0.154. The van der Waals surface area contributed by atoms with Crippen molar-refractivity contribution < 1.29 is 28.5 Å². The molecule has 0 aliphatic carbocycles. The number of carboxylic acids is 1. The molecule has 118 valence electrons. The van der Waals surface area contributed by atoms with Crippen molar-refractivity contribution in [2.24, 2.45) is 0 Å². The van der Waals surface area contributed by atoms with Gasteiger partial charge in [0, 0.05) is 0 Å². The summed E-state index contributed by atoms with van der Waals surface area (Å²) in [4.78, 5) is 11.2. The number of benzene rings is 1. The molecule has 1 aromatic carbocycles. The molecule has 0 aliphatic rings. The van der Waals surface area contributed by atoms with E-state index in [0.717, 1.165) is 0 Å². The van der Waals surface area contributed by atoms with Crippen LogP contribution in [0.3, 0.4) is 0 Å². The molecule has 0 saturated carbocycles. The van der Waals surface area contributed by atoms with Crippen molar-refractivity contribution in [3.63, 3.8) is 0 Å². The summed E-state index contributed by atoms with van der Waals surface area (Å²) in [7, 11) is -3.82. The van der Waals surface area contributed by atoms with Crippen molar-refractivity contribution in [2.75, 3.05) is 0 Å². The summed E-state index contributed by atoms with van der Waals surface area (Å²) >= 11 is 0. The summed E-state index contributed by atoms with van der Waals surface area (Å²) in [5.41, 5.74) is 0.384. The molecular formula is C13H19NO6S. The van der Waals surface area contributed by atoms with Crippen LogP contribution in [0.2, 0.25) is 0 Å². The summed E-state index contributed by atoms with van der Waals surface area (Å²) in [5.74, 6) is -2.05. The number of rotatable bonds is 5. The Bertz CT molecular complexity index is 633. The van der Waals surface area contributed by atoms with Gasteiger partial charge < -0.3 is 15.3 Å². The largest absolute Gasteiger partial charge is 0.504 e. The Morgan fingerprint density at radius 1 is 1.24 bits per heavy atom. The summed E-state index contributed by atoms with van der Waals surface area (Å²) in [6.45, 7) is 4.38. The molecule has 0 unspecified atom stereocenters. The number of hydrogen-bond acceptors (Lipinski definition) is 5. The third-order valence-electron chi connectivity index (χ3n) is 2.88. The predicted octanol–water partition coefficient (Wildman–Crippen LogP) is 0.811. The van der Waals surface area contributed by atoms with E-state index in [0.29, 0.717) is 5.56 Å². The maximum atomic E-state index is 12.0. The second-order valence-electron chi connectivity index (χ2n) is 5.65. The zero-order valence-corrected chi connectivity index (χ0v) is 12.8. The molecule has 0 aromatic heterocycles. The fourth-order valence-corrected chi connectivity index (χ4v) is 2.39. The van der Waals surface area contributed by atoms with Crippen molar-refractivity contribution in [1.29, 1.82) is 0 Å². The molecule has 0 bridgehead atoms. The van der Waals surface area contributed by atoms with Crippen LogP contribution in [0.5, 0.6) is 11.5 Å². The highest BCUT2D eigenvalue weighted by Crippen LogP contribution is 2.25. The molecule has 1 atom stereocenters. The van der Waals surface area contributed by atoms with Crippen LogP contribution in [0, 0.1) is 0 Å². The quantitative estimate of drug-likeness (QED) is 0.596. The molecule has 0 radical (unpaired) electrons. The van der Waals surface area contributed by atoms with Gasteiger partial charge in [0.15, 0.2) is 11.5 Å². The molecule has 0 amide bonds. The van der Waals surface area contributed by atoms with Crippen LogP contribution in [-0.2, 0) is 21.2 Å². The molecule has 4 N–H and O–H groups in total. The van der Waals surface area contributed by atoms with Crippen LogP contribution in [0.25, 0.3) is 0 Å². The number of carboxylic acid groups (broad SMARTS) is 1. The van der Waals surface area contributed by atoms with Gasteiger partial charge in [-0.25, -0.2) is 13.1 Å². The number of aromatic hydroxyl groups is 2. The average molecular weight is 317 g/mol. The van der Waals surface area contributed by atoms with Crippen LogP contribution in [-0.4, -0.2) is 40.5 Å². The Labute approximate surface area is 123 Å². The van der Waals surface area contributed by atoms with Crippen molar-refractivity contribution in [2.45, 2.75) is 38.0 Å². The first-order chi connectivity index (χ1) is 9.44. The fourth-order valence-electron chi connectivity index (χ4n) is 1.48. The Morgan fingerprint density at radius 3 is 2.24 bits per heavy atom. The van der Waals surface area contributed by atoms with Gasteiger partial charge in [0.25, 0.3) is 0 Å². The van der Waals surface area contributed by atoms with E-state index in [1.165, 1.54) is 39.0 Å². The van der Waals surface area contributed by atoms with E-state index >= 15 is 0 Å². The van der Waals surface area contributed by atoms with E-state index in [1.807, 2.05) is 0 Å². The number of phenolic OH excluding ortho intramolecular Hbond substituents is 2. The smallest absolute Gasteiger partial charge is 0.322 e. The van der Waals surface area contributed by atoms with E-state index < -0.39 is 32.5 Å². The van der Waals surface area contributed by atoms with Gasteiger partial charge in [-0.2, -0.15) is 0 Å². The highest BCUT2D eigenvalue weighted by Gasteiger charge is 2.33. The SMILES string of the molecule is CC(C)(C)S(=O)(=O)N[C@@H](Cc1ccc(O)c(O)c1)C(=O)O. The van der Waals surface area contributed by atoms with Gasteiger partial charge >= 0.3 is 5.97 Å². The second kappa shape index (κ2) is 5.90. The minimum Gasteiger partial charge on any atom is -0.504 e. The predicted molar refractivity (Wildman–Crippen MR) is 76.7 cm³/mol. The van der Waals surface area contributed by atoms with E-state index in [9.17, 15) is 23.4 Å². The van der Waals surface area contributed by atoms with E-state index in [2.05, 4.69) is 4.72 Å². The monoisotopic (exact) mass is 317 g/mol. The van der Waals surface area contributed by atoms with E-state index in [-0.39, 0.29) is 12.2 Å². The van der Waals surface area contributed by atoms with Crippen molar-refractivity contribution in [3.8, 4) is 11.5 Å². The molecule has 0 fully saturated rings. The number of sulfonamides is 1. The van der Waals surface area contributed by atoms with Gasteiger partial charge in [-0.05, 0) is 44.9 Å². The van der Waals surface area contributed by atoms with Gasteiger partial charge in [0.2, 0.25) is 10.0 Å². The lowest BCUT2D eigenvalue weighted by Gasteiger charge is -2.23. The summed E-state index contributed by atoms with van der Waals surface area (Å²) in [6, 6.07) is 2.45. The Morgan fingerprint density at radius 2 is 1.81 bits per heavy atom. The van der Waals surface area contributed by atoms with Crippen LogP contribution < -0.4 is 4.72 Å². The van der Waals surface area contributed by atoms with Gasteiger partial charge in [-0.3, -0.25) is 4.79 Å². The lowest BCUT2D eigenvalue weighted by atomic mass is 10.1. The molecule has 0 heterocycles. The molecule has 7 nitrogen and oxygen atoms in total. The van der Waals surface area contributed by atoms with Gasteiger partial charge in [0.05, 0.1) is 4.75 Å². The average Bonchev–Trinajstić information content (AvgIpc) is 2.31. The maximum Gasteiger partial charge on any atom is 0.322 e. The number of carbonyl (C=O) groups is 1. The lowest BCUT2D eigenvalue weighted by molar-refractivity contribution is -0.138. The number of hydrogen-bond donors (Lipinski definition) is 4. The van der Waals surface area contributed by atoms with Crippen molar-refractivity contribution in [1.82, 2.24) is 4.72 Å². The second-order valence-corrected chi connectivity index (χ2v) is 8.12. The van der Waals surface area contributed by atoms with Crippen LogP contribution in [0.4, 0.5) is 0 Å². The summed E-state index contributed by atoms with van der Waals surface area (Å²) in [5, 5.41) is 27.7. The van der Waals surface area contributed by atoms with Crippen LogP contribution in [0.1, 0.15) is 26.3 Å². The maximum absolute atomic E-state index is 12.0. The third-order valence-corrected chi connectivity index (χ3v) is 5.09. The Kier molecular flexibility index (Phi) is 4.85. The van der Waals surface area contributed by atoms with Gasteiger partial charge in [0.1, 0.15) is 6.04 Å². The van der Waals surface area contributed by atoms with Gasteiger partial charge in [-0.1, -0.05) is 6.07 Å². The minimum atomic E-state index is -3.82.